The molecule has 0 aliphatic heterocycles. The molecule has 160 valence electrons. The molecule has 6 nitrogen and oxygen atoms in total. The number of allylic oxidation sites excluding steroid dienone is 1. The van der Waals surface area contributed by atoms with Crippen LogP contribution >= 0.6 is 0 Å². The van der Waals surface area contributed by atoms with E-state index in [2.05, 4.69) is 0 Å². The highest BCUT2D eigenvalue weighted by atomic mass is 16.5. The number of Topliss-reactive ketones (excluding diaryl/α,β-unsaturated/α-hetero) is 1. The van der Waals surface area contributed by atoms with E-state index in [1.165, 1.54) is 21.3 Å². The molecule has 3 aromatic carbocycles. The summed E-state index contributed by atoms with van der Waals surface area (Å²) in [5, 5.41) is 10.4. The third kappa shape index (κ3) is 4.64. The van der Waals surface area contributed by atoms with Gasteiger partial charge in [-0.3, -0.25) is 4.79 Å². The van der Waals surface area contributed by atoms with Crippen molar-refractivity contribution in [3.05, 3.63) is 77.4 Å². The lowest BCUT2D eigenvalue weighted by atomic mass is 9.93. The summed E-state index contributed by atoms with van der Waals surface area (Å²) in [5.41, 5.74) is 1.84. The molecule has 0 aromatic heterocycles. The number of rotatable bonds is 8. The minimum atomic E-state index is -0.309. The third-order valence-corrected chi connectivity index (χ3v) is 4.79. The van der Waals surface area contributed by atoms with Crippen LogP contribution in [0.25, 0.3) is 11.6 Å². The molecular formula is C25H24O6. The Bertz CT molecular complexity index is 1070. The lowest BCUT2D eigenvalue weighted by molar-refractivity contribution is 0.105. The fraction of sp³-hybridized carbons (Fsp3) is 0.160. The summed E-state index contributed by atoms with van der Waals surface area (Å²) in [6, 6.07) is 17.2. The van der Waals surface area contributed by atoms with Crippen molar-refractivity contribution in [2.75, 3.05) is 28.4 Å². The minimum Gasteiger partial charge on any atom is -0.507 e. The van der Waals surface area contributed by atoms with Gasteiger partial charge in [0.25, 0.3) is 0 Å². The number of hydrogen-bond acceptors (Lipinski definition) is 6. The van der Waals surface area contributed by atoms with E-state index >= 15 is 0 Å². The Kier molecular flexibility index (Phi) is 6.82. The average Bonchev–Trinajstić information content (AvgIpc) is 2.82. The smallest absolute Gasteiger partial charge is 0.203 e. The van der Waals surface area contributed by atoms with Crippen molar-refractivity contribution >= 4 is 17.4 Å². The Hall–Kier alpha value is -3.93. The van der Waals surface area contributed by atoms with Crippen LogP contribution in [0.15, 0.2) is 60.7 Å². The largest absolute Gasteiger partial charge is 0.507 e. The van der Waals surface area contributed by atoms with Gasteiger partial charge in [0.1, 0.15) is 11.5 Å². The van der Waals surface area contributed by atoms with Crippen LogP contribution in [0.1, 0.15) is 21.5 Å². The first kappa shape index (κ1) is 21.8. The van der Waals surface area contributed by atoms with Gasteiger partial charge in [-0.05, 0) is 42.0 Å². The Morgan fingerprint density at radius 2 is 1.42 bits per heavy atom. The second kappa shape index (κ2) is 9.71. The number of hydrogen-bond donors (Lipinski definition) is 1. The molecule has 0 saturated carbocycles. The van der Waals surface area contributed by atoms with E-state index < -0.39 is 0 Å². The van der Waals surface area contributed by atoms with Crippen molar-refractivity contribution in [1.29, 1.82) is 0 Å². The number of benzene rings is 3. The predicted octanol–water partition coefficient (Wildman–Crippen LogP) is 4.85. The van der Waals surface area contributed by atoms with E-state index in [4.69, 9.17) is 18.9 Å². The molecule has 0 atom stereocenters. The first-order chi connectivity index (χ1) is 15.0. The van der Waals surface area contributed by atoms with E-state index in [-0.39, 0.29) is 11.5 Å². The molecule has 0 unspecified atom stereocenters. The van der Waals surface area contributed by atoms with Crippen LogP contribution in [0.3, 0.4) is 0 Å². The number of phenolic OH excluding ortho intramolecular Hbond substituents is 1. The predicted molar refractivity (Wildman–Crippen MR) is 119 cm³/mol. The van der Waals surface area contributed by atoms with E-state index in [1.54, 1.807) is 61.7 Å². The zero-order valence-electron chi connectivity index (χ0n) is 17.8. The number of aromatic hydroxyl groups is 1. The van der Waals surface area contributed by atoms with Gasteiger partial charge >= 0.3 is 0 Å². The molecule has 3 rings (SSSR count). The molecule has 0 heterocycles. The van der Waals surface area contributed by atoms with Crippen molar-refractivity contribution in [2.45, 2.75) is 0 Å². The van der Waals surface area contributed by atoms with Crippen LogP contribution in [0, 0.1) is 0 Å². The van der Waals surface area contributed by atoms with Gasteiger partial charge in [0.2, 0.25) is 5.75 Å². The van der Waals surface area contributed by atoms with Crippen LogP contribution in [0.4, 0.5) is 0 Å². The fourth-order valence-corrected chi connectivity index (χ4v) is 3.20. The molecule has 0 aliphatic carbocycles. The lowest BCUT2D eigenvalue weighted by Gasteiger charge is -2.15. The second-order valence-corrected chi connectivity index (χ2v) is 6.59. The molecule has 0 spiro atoms. The topological polar surface area (TPSA) is 74.2 Å². The van der Waals surface area contributed by atoms with Crippen molar-refractivity contribution in [3.63, 3.8) is 0 Å². The van der Waals surface area contributed by atoms with Crippen molar-refractivity contribution in [1.82, 2.24) is 0 Å². The van der Waals surface area contributed by atoms with Gasteiger partial charge in [-0.25, -0.2) is 0 Å². The summed E-state index contributed by atoms with van der Waals surface area (Å²) in [7, 11) is 6.07. The summed E-state index contributed by atoms with van der Waals surface area (Å²) >= 11 is 0. The number of methoxy groups -OCH3 is 4. The Balaban J connectivity index is 2.17. The average molecular weight is 420 g/mol. The molecule has 0 aliphatic rings. The molecule has 0 fully saturated rings. The molecule has 1 N–H and O–H groups in total. The zero-order valence-corrected chi connectivity index (χ0v) is 17.8. The molecule has 0 radical (unpaired) electrons. The van der Waals surface area contributed by atoms with E-state index in [1.807, 2.05) is 12.1 Å². The van der Waals surface area contributed by atoms with Gasteiger partial charge < -0.3 is 24.1 Å². The number of phenols is 1. The zero-order chi connectivity index (χ0) is 22.4. The number of ether oxygens (including phenoxy) is 4. The Morgan fingerprint density at radius 3 is 1.94 bits per heavy atom. The maximum absolute atomic E-state index is 13.6. The summed E-state index contributed by atoms with van der Waals surface area (Å²) in [6.07, 6.45) is 1.72. The number of carbonyl (C=O) groups is 1. The maximum Gasteiger partial charge on any atom is 0.203 e. The van der Waals surface area contributed by atoms with Crippen molar-refractivity contribution in [2.24, 2.45) is 0 Å². The highest BCUT2D eigenvalue weighted by Gasteiger charge is 2.22. The van der Waals surface area contributed by atoms with Gasteiger partial charge in [0.05, 0.1) is 28.4 Å². The van der Waals surface area contributed by atoms with Crippen molar-refractivity contribution < 1.29 is 28.8 Å². The second-order valence-electron chi connectivity index (χ2n) is 6.59. The maximum atomic E-state index is 13.6. The lowest BCUT2D eigenvalue weighted by Crippen LogP contribution is -2.05. The van der Waals surface area contributed by atoms with E-state index in [0.717, 1.165) is 5.56 Å². The van der Waals surface area contributed by atoms with Crippen LogP contribution < -0.4 is 18.9 Å². The highest BCUT2D eigenvalue weighted by molar-refractivity contribution is 6.33. The molecule has 0 amide bonds. The third-order valence-electron chi connectivity index (χ3n) is 4.79. The highest BCUT2D eigenvalue weighted by Crippen LogP contribution is 2.40. The van der Waals surface area contributed by atoms with E-state index in [9.17, 15) is 9.90 Å². The summed E-state index contributed by atoms with van der Waals surface area (Å²) in [4.78, 5) is 13.6. The summed E-state index contributed by atoms with van der Waals surface area (Å²) in [5.74, 6) is 1.53. The molecular weight excluding hydrogens is 396 g/mol. The minimum absolute atomic E-state index is 0.00283. The molecule has 0 bridgehead atoms. The molecule has 0 saturated heterocycles. The summed E-state index contributed by atoms with van der Waals surface area (Å²) in [6.45, 7) is 0. The SMILES string of the molecule is COc1ccc(C=C(C(=O)c2cc(OC)c(OC)c(OC)c2)c2ccccc2O)cc1. The number of ketones is 1. The van der Waals surface area contributed by atoms with E-state index in [0.29, 0.717) is 39.7 Å². The molecule has 3 aromatic rings. The number of carbonyl (C=O) groups excluding carboxylic acids is 1. The first-order valence-corrected chi connectivity index (χ1v) is 9.51. The Morgan fingerprint density at radius 1 is 0.806 bits per heavy atom. The van der Waals surface area contributed by atoms with Crippen molar-refractivity contribution in [3.8, 4) is 28.7 Å². The van der Waals surface area contributed by atoms with Gasteiger partial charge in [-0.2, -0.15) is 0 Å². The Labute approximate surface area is 181 Å². The summed E-state index contributed by atoms with van der Waals surface area (Å²) < 4.78 is 21.3. The van der Waals surface area contributed by atoms with Crippen LogP contribution in [-0.4, -0.2) is 39.3 Å². The normalized spacial score (nSPS) is 11.0. The van der Waals surface area contributed by atoms with Gasteiger partial charge in [-0.1, -0.05) is 30.3 Å². The quantitative estimate of drug-likeness (QED) is 0.319. The molecule has 6 heteroatoms. The van der Waals surface area contributed by atoms with Gasteiger partial charge in [-0.15, -0.1) is 0 Å². The van der Waals surface area contributed by atoms with Crippen LogP contribution in [-0.2, 0) is 0 Å². The number of para-hydroxylation sites is 1. The van der Waals surface area contributed by atoms with Gasteiger partial charge in [0.15, 0.2) is 17.3 Å². The molecule has 31 heavy (non-hydrogen) atoms. The standard InChI is InChI=1S/C25H24O6/c1-28-18-11-9-16(10-12-18)13-20(19-7-5-6-8-21(19)26)24(27)17-14-22(29-2)25(31-4)23(15-17)30-3/h5-15,26H,1-4H3. The fourth-order valence-electron chi connectivity index (χ4n) is 3.20. The monoisotopic (exact) mass is 420 g/mol. The first-order valence-electron chi connectivity index (χ1n) is 9.51. The van der Waals surface area contributed by atoms with Gasteiger partial charge in [0, 0.05) is 16.7 Å². The van der Waals surface area contributed by atoms with Crippen LogP contribution in [0.5, 0.6) is 28.7 Å². The van der Waals surface area contributed by atoms with Crippen LogP contribution in [0.2, 0.25) is 0 Å².